The summed E-state index contributed by atoms with van der Waals surface area (Å²) in [6.45, 7) is 3.83. The molecule has 1 aromatic heterocycles. The third-order valence-electron chi connectivity index (χ3n) is 3.18. The highest BCUT2D eigenvalue weighted by molar-refractivity contribution is 6.34. The van der Waals surface area contributed by atoms with Gasteiger partial charge in [-0.2, -0.15) is 0 Å². The number of pyridine rings is 1. The maximum atomic E-state index is 13.4. The van der Waals surface area contributed by atoms with Gasteiger partial charge >= 0.3 is 0 Å². The Kier molecular flexibility index (Phi) is 4.91. The summed E-state index contributed by atoms with van der Waals surface area (Å²) < 4.78 is 18.4. The Morgan fingerprint density at radius 3 is 2.62 bits per heavy atom. The van der Waals surface area contributed by atoms with Crippen molar-refractivity contribution in [1.29, 1.82) is 0 Å². The normalized spacial score (nSPS) is 12.1. The molecule has 0 saturated heterocycles. The minimum absolute atomic E-state index is 0.0984. The molecule has 1 N–H and O–H groups in total. The van der Waals surface area contributed by atoms with Gasteiger partial charge in [0.2, 0.25) is 0 Å². The van der Waals surface area contributed by atoms with Gasteiger partial charge in [-0.15, -0.1) is 0 Å². The molecule has 2 rings (SSSR count). The molecule has 1 unspecified atom stereocenters. The molecule has 0 bridgehead atoms. The Morgan fingerprint density at radius 2 is 2.00 bits per heavy atom. The van der Waals surface area contributed by atoms with Crippen molar-refractivity contribution in [3.8, 4) is 5.75 Å². The fraction of sp³-hybridized carbons (Fsp3) is 0.267. The van der Waals surface area contributed by atoms with Crippen molar-refractivity contribution in [3.63, 3.8) is 0 Å². The Hall–Kier alpha value is -1.52. The van der Waals surface area contributed by atoms with Gasteiger partial charge < -0.3 is 10.1 Å². The van der Waals surface area contributed by atoms with Gasteiger partial charge in [-0.25, -0.2) is 9.37 Å². The molecule has 0 aliphatic rings. The number of benzene rings is 1. The summed E-state index contributed by atoms with van der Waals surface area (Å²) in [4.78, 5) is 4.01. The van der Waals surface area contributed by atoms with Crippen LogP contribution in [0.25, 0.3) is 0 Å². The average Bonchev–Trinajstić information content (AvgIpc) is 2.43. The minimum Gasteiger partial charge on any atom is -0.494 e. The van der Waals surface area contributed by atoms with Crippen molar-refractivity contribution in [2.24, 2.45) is 0 Å². The van der Waals surface area contributed by atoms with Crippen LogP contribution in [0.4, 0.5) is 10.1 Å². The van der Waals surface area contributed by atoms with Crippen LogP contribution >= 0.6 is 23.2 Å². The van der Waals surface area contributed by atoms with E-state index in [-0.39, 0.29) is 11.8 Å². The molecule has 112 valence electrons. The Bertz CT molecular complexity index is 641. The van der Waals surface area contributed by atoms with Crippen molar-refractivity contribution >= 4 is 28.9 Å². The lowest BCUT2D eigenvalue weighted by Gasteiger charge is -2.19. The summed E-state index contributed by atoms with van der Waals surface area (Å²) >= 11 is 12.0. The van der Waals surface area contributed by atoms with Crippen molar-refractivity contribution in [1.82, 2.24) is 4.98 Å². The molecule has 1 aromatic carbocycles. The van der Waals surface area contributed by atoms with E-state index >= 15 is 0 Å². The predicted octanol–water partition coefficient (Wildman–Crippen LogP) is 5.02. The van der Waals surface area contributed by atoms with Gasteiger partial charge in [0.1, 0.15) is 5.15 Å². The van der Waals surface area contributed by atoms with Crippen LogP contribution in [0.1, 0.15) is 24.1 Å². The summed E-state index contributed by atoms with van der Waals surface area (Å²) in [5.41, 5.74) is 2.47. The highest BCUT2D eigenvalue weighted by Crippen LogP contribution is 2.31. The highest BCUT2D eigenvalue weighted by atomic mass is 35.5. The van der Waals surface area contributed by atoms with Gasteiger partial charge in [-0.1, -0.05) is 29.3 Å². The van der Waals surface area contributed by atoms with E-state index in [4.69, 9.17) is 27.9 Å². The second kappa shape index (κ2) is 6.50. The molecule has 1 atom stereocenters. The molecule has 0 radical (unpaired) electrons. The number of aryl methyl sites for hydroxylation is 1. The number of nitrogens with one attached hydrogen (secondary N) is 1. The number of halogens is 3. The van der Waals surface area contributed by atoms with Crippen molar-refractivity contribution in [3.05, 3.63) is 51.5 Å². The molecule has 6 heteroatoms. The van der Waals surface area contributed by atoms with Crippen molar-refractivity contribution in [2.45, 2.75) is 19.9 Å². The number of methoxy groups -OCH3 is 1. The second-order valence-corrected chi connectivity index (χ2v) is 5.43. The SMILES string of the molecule is COc1cc(C(C)Nc2c(C)cc(Cl)nc2Cl)ccc1F. The molecule has 2 aromatic rings. The van der Waals surface area contributed by atoms with Crippen molar-refractivity contribution < 1.29 is 9.13 Å². The summed E-state index contributed by atoms with van der Waals surface area (Å²) in [6.07, 6.45) is 0. The van der Waals surface area contributed by atoms with E-state index in [1.165, 1.54) is 13.2 Å². The minimum atomic E-state index is -0.393. The van der Waals surface area contributed by atoms with E-state index in [0.29, 0.717) is 16.0 Å². The van der Waals surface area contributed by atoms with E-state index in [1.54, 1.807) is 18.2 Å². The van der Waals surface area contributed by atoms with Gasteiger partial charge in [-0.3, -0.25) is 0 Å². The zero-order valence-corrected chi connectivity index (χ0v) is 13.4. The molecule has 0 aliphatic heterocycles. The number of hydrogen-bond acceptors (Lipinski definition) is 3. The number of hydrogen-bond donors (Lipinski definition) is 1. The first-order chi connectivity index (χ1) is 9.92. The topological polar surface area (TPSA) is 34.1 Å². The molecule has 21 heavy (non-hydrogen) atoms. The fourth-order valence-corrected chi connectivity index (χ4v) is 2.60. The van der Waals surface area contributed by atoms with Crippen LogP contribution in [0, 0.1) is 12.7 Å². The Balaban J connectivity index is 2.28. The van der Waals surface area contributed by atoms with E-state index in [2.05, 4.69) is 10.3 Å². The van der Waals surface area contributed by atoms with E-state index in [1.807, 2.05) is 13.8 Å². The van der Waals surface area contributed by atoms with Crippen LogP contribution in [0.2, 0.25) is 10.3 Å². The molecular formula is C15H15Cl2FN2O. The van der Waals surface area contributed by atoms with E-state index in [0.717, 1.165) is 11.1 Å². The van der Waals surface area contributed by atoms with Crippen LogP contribution in [-0.4, -0.2) is 12.1 Å². The molecule has 1 heterocycles. The number of nitrogens with zero attached hydrogens (tertiary/aromatic N) is 1. The summed E-state index contributed by atoms with van der Waals surface area (Å²) in [5, 5.41) is 3.91. The summed E-state index contributed by atoms with van der Waals surface area (Å²) in [5.74, 6) is -0.186. The third kappa shape index (κ3) is 3.57. The zero-order valence-electron chi connectivity index (χ0n) is 11.9. The van der Waals surface area contributed by atoms with Crippen LogP contribution in [0.5, 0.6) is 5.75 Å². The van der Waals surface area contributed by atoms with Crippen LogP contribution in [0.15, 0.2) is 24.3 Å². The van der Waals surface area contributed by atoms with Gasteiger partial charge in [-0.05, 0) is 43.2 Å². The highest BCUT2D eigenvalue weighted by Gasteiger charge is 2.14. The standard InChI is InChI=1S/C15H15Cl2FN2O/c1-8-6-13(16)20-15(17)14(8)19-9(2)10-4-5-11(18)12(7-10)21-3/h4-7,9,19H,1-3H3. The fourth-order valence-electron chi connectivity index (χ4n) is 2.01. The monoisotopic (exact) mass is 328 g/mol. The molecule has 0 spiro atoms. The molecule has 0 amide bonds. The van der Waals surface area contributed by atoms with Gasteiger partial charge in [0.05, 0.1) is 12.8 Å². The van der Waals surface area contributed by atoms with Gasteiger partial charge in [0, 0.05) is 6.04 Å². The second-order valence-electron chi connectivity index (χ2n) is 4.69. The lowest BCUT2D eigenvalue weighted by Crippen LogP contribution is -2.09. The number of aromatic nitrogens is 1. The van der Waals surface area contributed by atoms with E-state index < -0.39 is 5.82 Å². The lowest BCUT2D eigenvalue weighted by molar-refractivity contribution is 0.385. The first-order valence-electron chi connectivity index (χ1n) is 6.35. The van der Waals surface area contributed by atoms with Gasteiger partial charge in [0.15, 0.2) is 16.7 Å². The molecule has 0 aliphatic carbocycles. The molecule has 0 fully saturated rings. The summed E-state index contributed by atoms with van der Waals surface area (Å²) in [6, 6.07) is 6.36. The third-order valence-corrected chi connectivity index (χ3v) is 3.64. The molecule has 3 nitrogen and oxygen atoms in total. The predicted molar refractivity (Wildman–Crippen MR) is 84.0 cm³/mol. The largest absolute Gasteiger partial charge is 0.494 e. The van der Waals surface area contributed by atoms with Crippen LogP contribution in [-0.2, 0) is 0 Å². The quantitative estimate of drug-likeness (QED) is 0.800. The van der Waals surface area contributed by atoms with Crippen molar-refractivity contribution in [2.75, 3.05) is 12.4 Å². The lowest BCUT2D eigenvalue weighted by atomic mass is 10.1. The Morgan fingerprint density at radius 1 is 1.29 bits per heavy atom. The smallest absolute Gasteiger partial charge is 0.165 e. The molecular weight excluding hydrogens is 314 g/mol. The Labute approximate surface area is 133 Å². The van der Waals surface area contributed by atoms with Gasteiger partial charge in [0.25, 0.3) is 0 Å². The first-order valence-corrected chi connectivity index (χ1v) is 7.10. The summed E-state index contributed by atoms with van der Waals surface area (Å²) in [7, 11) is 1.43. The number of anilines is 1. The van der Waals surface area contributed by atoms with Crippen LogP contribution < -0.4 is 10.1 Å². The maximum absolute atomic E-state index is 13.4. The zero-order chi connectivity index (χ0) is 15.6. The average molecular weight is 329 g/mol. The maximum Gasteiger partial charge on any atom is 0.165 e. The first kappa shape index (κ1) is 15.9. The molecule has 0 saturated carbocycles. The van der Waals surface area contributed by atoms with E-state index in [9.17, 15) is 4.39 Å². The number of rotatable bonds is 4. The number of ether oxygens (including phenoxy) is 1. The van der Waals surface area contributed by atoms with Crippen LogP contribution in [0.3, 0.4) is 0 Å².